The van der Waals surface area contributed by atoms with E-state index in [-0.39, 0.29) is 24.1 Å². The number of carboxylic acid groups (broad SMARTS) is 1. The summed E-state index contributed by atoms with van der Waals surface area (Å²) in [4.78, 5) is 12.8. The Bertz CT molecular complexity index is 611. The van der Waals surface area contributed by atoms with Crippen molar-refractivity contribution < 1.29 is 22.5 Å². The molecule has 0 bridgehead atoms. The van der Waals surface area contributed by atoms with Crippen molar-refractivity contribution in [1.82, 2.24) is 4.90 Å². The summed E-state index contributed by atoms with van der Waals surface area (Å²) in [5, 5.41) is 8.91. The topological polar surface area (TPSA) is 83.9 Å². The molecule has 0 aliphatic carbocycles. The quantitative estimate of drug-likeness (QED) is 0.800. The molecule has 1 fully saturated rings. The Kier molecular flexibility index (Phi) is 5.55. The lowest BCUT2D eigenvalue weighted by molar-refractivity contribution is -0.139. The molecule has 0 radical (unpaired) electrons. The molecule has 0 saturated carbocycles. The number of hydrogen-bond acceptors (Lipinski definition) is 5. The van der Waals surface area contributed by atoms with E-state index in [0.717, 1.165) is 24.8 Å². The number of benzene rings is 1. The van der Waals surface area contributed by atoms with Gasteiger partial charge in [-0.1, -0.05) is 24.1 Å². The van der Waals surface area contributed by atoms with Gasteiger partial charge in [0.2, 0.25) is 0 Å². The minimum atomic E-state index is -3.80. The zero-order valence-electron chi connectivity index (χ0n) is 12.6. The molecule has 1 aromatic carbocycles. The van der Waals surface area contributed by atoms with Gasteiger partial charge in [-0.25, -0.2) is 0 Å². The van der Waals surface area contributed by atoms with Crippen LogP contribution in [0.2, 0.25) is 0 Å². The predicted octanol–water partition coefficient (Wildman–Crippen LogP) is 1.64. The highest BCUT2D eigenvalue weighted by Gasteiger charge is 2.26. The molecular weight excluding hydrogens is 306 g/mol. The van der Waals surface area contributed by atoms with Crippen molar-refractivity contribution in [1.29, 1.82) is 0 Å². The zero-order chi connectivity index (χ0) is 16.2. The molecule has 1 aromatic rings. The molecule has 1 aliphatic heterocycles. The third-order valence-corrected chi connectivity index (χ3v) is 5.11. The van der Waals surface area contributed by atoms with Crippen molar-refractivity contribution in [2.75, 3.05) is 19.7 Å². The molecular formula is C15H21NO5S. The van der Waals surface area contributed by atoms with Gasteiger partial charge in [-0.05, 0) is 38.4 Å². The van der Waals surface area contributed by atoms with Crippen LogP contribution in [0, 0.1) is 6.92 Å². The third-order valence-electron chi connectivity index (χ3n) is 3.81. The highest BCUT2D eigenvalue weighted by molar-refractivity contribution is 7.86. The van der Waals surface area contributed by atoms with Crippen LogP contribution < -0.4 is 0 Å². The zero-order valence-corrected chi connectivity index (χ0v) is 13.4. The number of piperidine rings is 1. The first-order valence-corrected chi connectivity index (χ1v) is 8.71. The Balaban J connectivity index is 2.00. The molecule has 1 saturated heterocycles. The molecule has 6 nitrogen and oxygen atoms in total. The van der Waals surface area contributed by atoms with Gasteiger partial charge in [0.05, 0.1) is 18.0 Å². The van der Waals surface area contributed by atoms with Gasteiger partial charge in [-0.2, -0.15) is 8.42 Å². The van der Waals surface area contributed by atoms with Crippen molar-refractivity contribution in [2.45, 2.75) is 37.1 Å². The van der Waals surface area contributed by atoms with E-state index in [1.807, 2.05) is 6.92 Å². The molecule has 0 aromatic heterocycles. The monoisotopic (exact) mass is 327 g/mol. The largest absolute Gasteiger partial charge is 0.480 e. The van der Waals surface area contributed by atoms with Crippen LogP contribution in [0.25, 0.3) is 0 Å². The van der Waals surface area contributed by atoms with Crippen molar-refractivity contribution in [3.05, 3.63) is 29.8 Å². The molecule has 0 spiro atoms. The summed E-state index contributed by atoms with van der Waals surface area (Å²) in [5.41, 5.74) is 0.971. The van der Waals surface area contributed by atoms with Crippen LogP contribution in [0.15, 0.2) is 29.2 Å². The minimum Gasteiger partial charge on any atom is -0.480 e. The van der Waals surface area contributed by atoms with E-state index < -0.39 is 16.1 Å². The maximum Gasteiger partial charge on any atom is 0.317 e. The van der Waals surface area contributed by atoms with Crippen LogP contribution >= 0.6 is 0 Å². The van der Waals surface area contributed by atoms with Crippen molar-refractivity contribution >= 4 is 16.1 Å². The first kappa shape index (κ1) is 16.9. The lowest BCUT2D eigenvalue weighted by Gasteiger charge is -2.33. The smallest absolute Gasteiger partial charge is 0.317 e. The van der Waals surface area contributed by atoms with Gasteiger partial charge in [0, 0.05) is 6.04 Å². The van der Waals surface area contributed by atoms with Gasteiger partial charge in [-0.3, -0.25) is 13.9 Å². The second kappa shape index (κ2) is 7.21. The number of carboxylic acids is 1. The Morgan fingerprint density at radius 3 is 2.64 bits per heavy atom. The number of aliphatic carboxylic acids is 1. The lowest BCUT2D eigenvalue weighted by atomic mass is 10.0. The standard InChI is InChI=1S/C15H21NO5S/c1-12-5-7-14(8-6-12)22(19,20)21-11-13-4-2-3-9-16(13)10-15(17)18/h5-8,13H,2-4,9-11H2,1H3,(H,17,18)/t13-/m1/s1. The van der Waals surface area contributed by atoms with Crippen molar-refractivity contribution in [3.8, 4) is 0 Å². The molecule has 1 aliphatic rings. The Labute approximate surface area is 130 Å². The number of aryl methyl sites for hydroxylation is 1. The van der Waals surface area contributed by atoms with Crippen LogP contribution in [-0.4, -0.2) is 50.1 Å². The average molecular weight is 327 g/mol. The second-order valence-electron chi connectivity index (χ2n) is 5.57. The summed E-state index contributed by atoms with van der Waals surface area (Å²) >= 11 is 0. The van der Waals surface area contributed by atoms with Crippen molar-refractivity contribution in [2.24, 2.45) is 0 Å². The first-order chi connectivity index (χ1) is 10.4. The molecule has 22 heavy (non-hydrogen) atoms. The summed E-state index contributed by atoms with van der Waals surface area (Å²) in [5.74, 6) is -0.909. The Morgan fingerprint density at radius 1 is 1.32 bits per heavy atom. The Hall–Kier alpha value is -1.44. The maximum atomic E-state index is 12.2. The number of hydrogen-bond donors (Lipinski definition) is 1. The lowest BCUT2D eigenvalue weighted by Crippen LogP contribution is -2.45. The molecule has 7 heteroatoms. The predicted molar refractivity (Wildman–Crippen MR) is 81.2 cm³/mol. The fourth-order valence-corrected chi connectivity index (χ4v) is 3.51. The van der Waals surface area contributed by atoms with E-state index in [0.29, 0.717) is 6.54 Å². The first-order valence-electron chi connectivity index (χ1n) is 7.30. The molecule has 122 valence electrons. The van der Waals surface area contributed by atoms with E-state index in [1.54, 1.807) is 17.0 Å². The second-order valence-corrected chi connectivity index (χ2v) is 7.18. The van der Waals surface area contributed by atoms with E-state index >= 15 is 0 Å². The maximum absolute atomic E-state index is 12.2. The summed E-state index contributed by atoms with van der Waals surface area (Å²) < 4.78 is 29.5. The van der Waals surface area contributed by atoms with Gasteiger partial charge in [0.1, 0.15) is 0 Å². The van der Waals surface area contributed by atoms with E-state index in [9.17, 15) is 13.2 Å². The van der Waals surface area contributed by atoms with Gasteiger partial charge in [0.15, 0.2) is 0 Å². The summed E-state index contributed by atoms with van der Waals surface area (Å²) in [7, 11) is -3.80. The number of likely N-dealkylation sites (tertiary alicyclic amines) is 1. The molecule has 0 unspecified atom stereocenters. The molecule has 1 atom stereocenters. The number of rotatable bonds is 6. The average Bonchev–Trinajstić information content (AvgIpc) is 2.46. The fourth-order valence-electron chi connectivity index (χ4n) is 2.57. The highest BCUT2D eigenvalue weighted by Crippen LogP contribution is 2.20. The van der Waals surface area contributed by atoms with Crippen LogP contribution in [0.4, 0.5) is 0 Å². The molecule has 1 heterocycles. The number of nitrogens with zero attached hydrogens (tertiary/aromatic N) is 1. The van der Waals surface area contributed by atoms with Gasteiger partial charge >= 0.3 is 5.97 Å². The summed E-state index contributed by atoms with van der Waals surface area (Å²) in [6.07, 6.45) is 2.62. The van der Waals surface area contributed by atoms with E-state index in [2.05, 4.69) is 0 Å². The van der Waals surface area contributed by atoms with Gasteiger partial charge in [0.25, 0.3) is 10.1 Å². The van der Waals surface area contributed by atoms with Crippen LogP contribution in [0.1, 0.15) is 24.8 Å². The Morgan fingerprint density at radius 2 is 2.00 bits per heavy atom. The summed E-state index contributed by atoms with van der Waals surface area (Å²) in [6, 6.07) is 6.28. The van der Waals surface area contributed by atoms with Gasteiger partial charge in [-0.15, -0.1) is 0 Å². The van der Waals surface area contributed by atoms with E-state index in [4.69, 9.17) is 9.29 Å². The SMILES string of the molecule is Cc1ccc(S(=O)(=O)OC[C@H]2CCCCN2CC(=O)O)cc1. The minimum absolute atomic E-state index is 0.0104. The highest BCUT2D eigenvalue weighted by atomic mass is 32.2. The van der Waals surface area contributed by atoms with Crippen LogP contribution in [0.3, 0.4) is 0 Å². The molecule has 2 rings (SSSR count). The van der Waals surface area contributed by atoms with Gasteiger partial charge < -0.3 is 5.11 Å². The van der Waals surface area contributed by atoms with Crippen LogP contribution in [-0.2, 0) is 19.1 Å². The van der Waals surface area contributed by atoms with E-state index in [1.165, 1.54) is 12.1 Å². The molecule has 1 N–H and O–H groups in total. The third kappa shape index (κ3) is 4.53. The normalized spacial score (nSPS) is 20.0. The van der Waals surface area contributed by atoms with Crippen molar-refractivity contribution in [3.63, 3.8) is 0 Å². The molecule has 0 amide bonds. The fraction of sp³-hybridized carbons (Fsp3) is 0.533. The number of carbonyl (C=O) groups is 1. The summed E-state index contributed by atoms with van der Waals surface area (Å²) in [6.45, 7) is 2.44. The van der Waals surface area contributed by atoms with Crippen LogP contribution in [0.5, 0.6) is 0 Å².